The predicted octanol–water partition coefficient (Wildman–Crippen LogP) is 15.2. The van der Waals surface area contributed by atoms with Crippen molar-refractivity contribution in [3.05, 3.63) is 228 Å². The Hall–Kier alpha value is -7.92. The third-order valence-electron chi connectivity index (χ3n) is 10.9. The fourth-order valence-corrected chi connectivity index (χ4v) is 7.46. The van der Waals surface area contributed by atoms with Gasteiger partial charge >= 0.3 is 0 Å². The van der Waals surface area contributed by atoms with E-state index in [-0.39, 0.29) is 0 Å². The van der Waals surface area contributed by atoms with E-state index in [0.717, 1.165) is 56.4 Å². The zero-order chi connectivity index (χ0) is 41.6. The first-order valence-corrected chi connectivity index (χ1v) is 20.1. The van der Waals surface area contributed by atoms with E-state index in [1.807, 2.05) is 48.5 Å². The fourth-order valence-electron chi connectivity index (χ4n) is 7.46. The Balaban J connectivity index is 1.02. The Morgan fingerprint density at radius 2 is 0.467 bits per heavy atom. The second kappa shape index (κ2) is 17.3. The molecule has 0 aliphatic carbocycles. The van der Waals surface area contributed by atoms with Crippen LogP contribution in [0.3, 0.4) is 0 Å². The van der Waals surface area contributed by atoms with E-state index in [1.165, 1.54) is 22.3 Å². The van der Waals surface area contributed by atoms with Crippen molar-refractivity contribution in [2.24, 2.45) is 0 Å². The molecule has 0 heterocycles. The molecule has 60 heavy (non-hydrogen) atoms. The minimum absolute atomic E-state index is 0.343. The molecule has 0 aromatic heterocycles. The van der Waals surface area contributed by atoms with Gasteiger partial charge in [0.2, 0.25) is 0 Å². The maximum atomic E-state index is 10.4. The van der Waals surface area contributed by atoms with Crippen LogP contribution in [-0.2, 0) is 0 Å². The number of benzene rings is 8. The highest BCUT2D eigenvalue weighted by atomic mass is 15.1. The maximum Gasteiger partial charge on any atom is 0.101 e. The van der Waals surface area contributed by atoms with Crippen molar-refractivity contribution >= 4 is 45.3 Å². The third kappa shape index (κ3) is 8.37. The molecule has 0 aliphatic heterocycles. The van der Waals surface area contributed by atoms with Gasteiger partial charge < -0.3 is 9.80 Å². The van der Waals surface area contributed by atoms with Crippen molar-refractivity contribution in [2.75, 3.05) is 9.80 Å². The molecule has 0 saturated carbocycles. The summed E-state index contributed by atoms with van der Waals surface area (Å²) in [4.78, 5) is 4.52. The van der Waals surface area contributed by atoms with Crippen LogP contribution >= 0.6 is 0 Å². The van der Waals surface area contributed by atoms with Crippen LogP contribution < -0.4 is 9.80 Å². The van der Waals surface area contributed by atoms with Gasteiger partial charge in [0.25, 0.3) is 0 Å². The van der Waals surface area contributed by atoms with Gasteiger partial charge in [0.15, 0.2) is 0 Å². The fraction of sp³-hybridized carbons (Fsp3) is 0.0714. The van der Waals surface area contributed by atoms with Crippen LogP contribution in [0, 0.1) is 50.4 Å². The van der Waals surface area contributed by atoms with Crippen LogP contribution in [0.4, 0.5) is 34.1 Å². The minimum atomic E-state index is 0.343. The first-order chi connectivity index (χ1) is 29.3. The van der Waals surface area contributed by atoms with E-state index >= 15 is 0 Å². The minimum Gasteiger partial charge on any atom is -0.311 e. The summed E-state index contributed by atoms with van der Waals surface area (Å²) >= 11 is 0. The molecule has 0 atom stereocenters. The molecule has 0 saturated heterocycles. The number of aryl methyl sites for hydroxylation is 4. The molecule has 0 N–H and O–H groups in total. The molecule has 4 nitrogen and oxygen atoms in total. The van der Waals surface area contributed by atoms with Gasteiger partial charge in [-0.3, -0.25) is 0 Å². The summed E-state index contributed by atoms with van der Waals surface area (Å²) in [5.74, 6) is 0. The van der Waals surface area contributed by atoms with Crippen molar-refractivity contribution in [1.29, 1.82) is 10.5 Å². The van der Waals surface area contributed by atoms with Gasteiger partial charge in [0.1, 0.15) is 12.1 Å². The van der Waals surface area contributed by atoms with E-state index in [2.05, 4.69) is 195 Å². The topological polar surface area (TPSA) is 54.1 Å². The van der Waals surface area contributed by atoms with Gasteiger partial charge in [-0.25, -0.2) is 0 Å². The number of anilines is 6. The number of allylic oxidation sites excluding steroid dienone is 2. The van der Waals surface area contributed by atoms with E-state index in [4.69, 9.17) is 0 Å². The largest absolute Gasteiger partial charge is 0.311 e. The van der Waals surface area contributed by atoms with Crippen LogP contribution in [0.5, 0.6) is 0 Å². The lowest BCUT2D eigenvalue weighted by molar-refractivity contribution is 1.27. The Morgan fingerprint density at radius 3 is 0.667 bits per heavy atom. The van der Waals surface area contributed by atoms with Gasteiger partial charge in [0, 0.05) is 34.1 Å². The van der Waals surface area contributed by atoms with E-state index < -0.39 is 0 Å². The molecule has 8 aromatic rings. The monoisotopic (exact) mass is 772 g/mol. The molecule has 4 heteroatoms. The molecule has 0 fully saturated rings. The Morgan fingerprint density at radius 1 is 0.283 bits per heavy atom. The number of hydrogen-bond acceptors (Lipinski definition) is 4. The Labute approximate surface area is 353 Å². The van der Waals surface area contributed by atoms with Gasteiger partial charge in [-0.05, 0) is 134 Å². The number of nitrogens with zero attached hydrogens (tertiary/aromatic N) is 4. The highest BCUT2D eigenvalue weighted by Crippen LogP contribution is 2.38. The second-order valence-corrected chi connectivity index (χ2v) is 15.2. The molecule has 8 aromatic carbocycles. The van der Waals surface area contributed by atoms with Gasteiger partial charge in [0.05, 0.1) is 11.1 Å². The number of hydrogen-bond donors (Lipinski definition) is 0. The van der Waals surface area contributed by atoms with Gasteiger partial charge in [-0.15, -0.1) is 0 Å². The van der Waals surface area contributed by atoms with Crippen molar-refractivity contribution in [1.82, 2.24) is 0 Å². The van der Waals surface area contributed by atoms with E-state index in [9.17, 15) is 10.5 Å². The highest BCUT2D eigenvalue weighted by Gasteiger charge is 2.16. The summed E-state index contributed by atoms with van der Waals surface area (Å²) in [6.45, 7) is 8.40. The summed E-state index contributed by atoms with van der Waals surface area (Å²) in [6, 6.07) is 71.8. The zero-order valence-corrected chi connectivity index (χ0v) is 34.3. The predicted molar refractivity (Wildman–Crippen MR) is 250 cm³/mol. The number of rotatable bonds is 10. The first-order valence-electron chi connectivity index (χ1n) is 20.1. The van der Waals surface area contributed by atoms with Crippen LogP contribution in [-0.4, -0.2) is 0 Å². The molecule has 0 bridgehead atoms. The van der Waals surface area contributed by atoms with Crippen molar-refractivity contribution in [3.63, 3.8) is 0 Å². The van der Waals surface area contributed by atoms with E-state index in [0.29, 0.717) is 22.3 Å². The van der Waals surface area contributed by atoms with E-state index in [1.54, 1.807) is 0 Å². The van der Waals surface area contributed by atoms with Crippen LogP contribution in [0.25, 0.3) is 33.4 Å². The summed E-state index contributed by atoms with van der Waals surface area (Å²) < 4.78 is 0. The Kier molecular flexibility index (Phi) is 11.2. The molecular formula is C56H44N4. The lowest BCUT2D eigenvalue weighted by Gasteiger charge is -2.26. The highest BCUT2D eigenvalue weighted by molar-refractivity contribution is 6.03. The summed E-state index contributed by atoms with van der Waals surface area (Å²) in [5.41, 5.74) is 17.6. The molecular weight excluding hydrogens is 729 g/mol. The SMILES string of the molecule is Cc1ccc(N(c2ccc(C)cc2)c2ccc(-c3ccc(/C(C#N)=C(\C#N)c4ccc(-c5ccc(N(c6ccc(C)cc6)c6ccc(C)cc6)cc5)cc4)cc3)cc2)cc1. The summed E-state index contributed by atoms with van der Waals surface area (Å²) in [7, 11) is 0. The molecule has 0 unspecified atom stereocenters. The average molecular weight is 773 g/mol. The molecule has 288 valence electrons. The normalized spacial score (nSPS) is 11.2. The standard InChI is InChI=1S/C56H44N4/c1-39-5-25-49(26-6-39)59(50-27-7-40(2)8-28-50)53-33-21-45(22-34-53)43-13-17-47(18-14-43)55(37-57)56(38-58)48-19-15-44(16-20-48)46-23-35-54(36-24-46)60(51-29-9-41(3)10-30-51)52-31-11-42(4)12-32-52/h5-36H,1-4H3/b56-55+. The quantitative estimate of drug-likeness (QED) is 0.103. The molecule has 0 aliphatic rings. The maximum absolute atomic E-state index is 10.4. The van der Waals surface area contributed by atoms with Crippen LogP contribution in [0.1, 0.15) is 33.4 Å². The number of nitriles is 2. The molecule has 0 spiro atoms. The summed E-state index contributed by atoms with van der Waals surface area (Å²) in [6.07, 6.45) is 0. The van der Waals surface area contributed by atoms with Crippen molar-refractivity contribution in [2.45, 2.75) is 27.7 Å². The van der Waals surface area contributed by atoms with Crippen LogP contribution in [0.2, 0.25) is 0 Å². The van der Waals surface area contributed by atoms with Gasteiger partial charge in [-0.2, -0.15) is 10.5 Å². The lowest BCUT2D eigenvalue weighted by atomic mass is 9.93. The molecule has 8 rings (SSSR count). The third-order valence-corrected chi connectivity index (χ3v) is 10.9. The smallest absolute Gasteiger partial charge is 0.101 e. The van der Waals surface area contributed by atoms with Crippen molar-refractivity contribution < 1.29 is 0 Å². The second-order valence-electron chi connectivity index (χ2n) is 15.2. The zero-order valence-electron chi connectivity index (χ0n) is 34.3. The first kappa shape index (κ1) is 38.9. The molecule has 0 radical (unpaired) electrons. The lowest BCUT2D eigenvalue weighted by Crippen LogP contribution is -2.09. The Bertz CT molecular complexity index is 2550. The van der Waals surface area contributed by atoms with Crippen LogP contribution in [0.15, 0.2) is 194 Å². The average Bonchev–Trinajstić information content (AvgIpc) is 3.29. The molecule has 0 amide bonds. The summed E-state index contributed by atoms with van der Waals surface area (Å²) in [5, 5.41) is 20.7. The van der Waals surface area contributed by atoms with Gasteiger partial charge in [-0.1, -0.05) is 144 Å². The van der Waals surface area contributed by atoms with Crippen molar-refractivity contribution in [3.8, 4) is 34.4 Å².